The van der Waals surface area contributed by atoms with Crippen molar-refractivity contribution < 1.29 is 0 Å². The minimum atomic E-state index is 1.10. The van der Waals surface area contributed by atoms with Crippen LogP contribution in [0.1, 0.15) is 61.1 Å². The Labute approximate surface area is 124 Å². The molecule has 0 atom stereocenters. The molecule has 0 amide bonds. The predicted molar refractivity (Wildman–Crippen MR) is 90.7 cm³/mol. The molecule has 0 spiro atoms. The molecule has 0 N–H and O–H groups in total. The van der Waals surface area contributed by atoms with Crippen molar-refractivity contribution >= 4 is 0 Å². The first kappa shape index (κ1) is 16.5. The maximum Gasteiger partial charge on any atom is -0.00200 e. The summed E-state index contributed by atoms with van der Waals surface area (Å²) in [6, 6.07) is 13.7. The van der Waals surface area contributed by atoms with Gasteiger partial charge in [0.1, 0.15) is 0 Å². The molecule has 3 rings (SSSR count). The van der Waals surface area contributed by atoms with E-state index in [2.05, 4.69) is 50.2 Å². The lowest BCUT2D eigenvalue weighted by Gasteiger charge is -2.20. The summed E-state index contributed by atoms with van der Waals surface area (Å²) in [7, 11) is 0. The van der Waals surface area contributed by atoms with Gasteiger partial charge in [0.15, 0.2) is 0 Å². The highest BCUT2D eigenvalue weighted by Gasteiger charge is 2.14. The molecule has 0 saturated heterocycles. The van der Waals surface area contributed by atoms with Gasteiger partial charge in [-0.1, -0.05) is 75.2 Å². The molecule has 1 aliphatic carbocycles. The van der Waals surface area contributed by atoms with Crippen molar-refractivity contribution in [1.82, 2.24) is 0 Å². The standard InChI is InChI=1S/C16H16.2C2H6/c1-11-3-5-13-10-16-8-12(2)4-6-14(16)9-15(13)7-11;2*1-2/h3-8H,9-10H2,1-2H3;2*1-2H3. The average molecular weight is 268 g/mol. The van der Waals surface area contributed by atoms with Gasteiger partial charge < -0.3 is 0 Å². The third kappa shape index (κ3) is 3.72. The van der Waals surface area contributed by atoms with Crippen molar-refractivity contribution in [2.24, 2.45) is 0 Å². The van der Waals surface area contributed by atoms with Crippen LogP contribution in [0, 0.1) is 13.8 Å². The number of hydrogen-bond acceptors (Lipinski definition) is 0. The Kier molecular flexibility index (Phi) is 6.51. The lowest BCUT2D eigenvalue weighted by Crippen LogP contribution is -2.07. The summed E-state index contributed by atoms with van der Waals surface area (Å²) in [6.45, 7) is 12.3. The van der Waals surface area contributed by atoms with E-state index in [0.29, 0.717) is 0 Å². The zero-order valence-corrected chi connectivity index (χ0v) is 13.9. The van der Waals surface area contributed by atoms with Crippen LogP contribution in [0.5, 0.6) is 0 Å². The molecule has 0 heterocycles. The monoisotopic (exact) mass is 268 g/mol. The van der Waals surface area contributed by atoms with E-state index in [0.717, 1.165) is 12.8 Å². The Hall–Kier alpha value is -1.56. The van der Waals surface area contributed by atoms with Gasteiger partial charge >= 0.3 is 0 Å². The smallest absolute Gasteiger partial charge is 0.00200 e. The van der Waals surface area contributed by atoms with Crippen LogP contribution in [-0.4, -0.2) is 0 Å². The van der Waals surface area contributed by atoms with Crippen molar-refractivity contribution in [3.8, 4) is 0 Å². The Morgan fingerprint density at radius 2 is 0.900 bits per heavy atom. The molecule has 108 valence electrons. The van der Waals surface area contributed by atoms with Gasteiger partial charge in [0.25, 0.3) is 0 Å². The van der Waals surface area contributed by atoms with Gasteiger partial charge in [-0.3, -0.25) is 0 Å². The molecule has 1 aliphatic rings. The third-order valence-corrected chi connectivity index (χ3v) is 3.49. The third-order valence-electron chi connectivity index (χ3n) is 3.49. The summed E-state index contributed by atoms with van der Waals surface area (Å²) < 4.78 is 0. The molecule has 0 aromatic heterocycles. The van der Waals surface area contributed by atoms with Gasteiger partial charge in [-0.05, 0) is 48.9 Å². The van der Waals surface area contributed by atoms with Crippen LogP contribution in [0.25, 0.3) is 0 Å². The molecule has 0 unspecified atom stereocenters. The molecule has 0 heteroatoms. The first-order chi connectivity index (χ1) is 9.72. The summed E-state index contributed by atoms with van der Waals surface area (Å²) in [5.74, 6) is 0. The lowest BCUT2D eigenvalue weighted by molar-refractivity contribution is 0.993. The van der Waals surface area contributed by atoms with E-state index in [4.69, 9.17) is 0 Å². The van der Waals surface area contributed by atoms with E-state index in [-0.39, 0.29) is 0 Å². The van der Waals surface area contributed by atoms with Crippen LogP contribution < -0.4 is 0 Å². The lowest BCUT2D eigenvalue weighted by atomic mass is 9.85. The summed E-state index contributed by atoms with van der Waals surface area (Å²) in [5.41, 5.74) is 8.77. The summed E-state index contributed by atoms with van der Waals surface area (Å²) in [6.07, 6.45) is 2.21. The summed E-state index contributed by atoms with van der Waals surface area (Å²) in [4.78, 5) is 0. The summed E-state index contributed by atoms with van der Waals surface area (Å²) in [5, 5.41) is 0. The zero-order chi connectivity index (χ0) is 15.1. The van der Waals surface area contributed by atoms with Crippen molar-refractivity contribution in [2.75, 3.05) is 0 Å². The highest BCUT2D eigenvalue weighted by atomic mass is 14.2. The number of benzene rings is 2. The minimum absolute atomic E-state index is 1.10. The quantitative estimate of drug-likeness (QED) is 0.479. The first-order valence-electron chi connectivity index (χ1n) is 7.89. The topological polar surface area (TPSA) is 0 Å². The van der Waals surface area contributed by atoms with Crippen LogP contribution in [0.4, 0.5) is 0 Å². The Morgan fingerprint density at radius 1 is 0.550 bits per heavy atom. The van der Waals surface area contributed by atoms with E-state index < -0.39 is 0 Å². The molecule has 0 nitrogen and oxygen atoms in total. The number of hydrogen-bond donors (Lipinski definition) is 0. The second kappa shape index (κ2) is 7.89. The second-order valence-electron chi connectivity index (χ2n) is 4.90. The van der Waals surface area contributed by atoms with E-state index in [1.54, 1.807) is 0 Å². The maximum absolute atomic E-state index is 2.33. The van der Waals surface area contributed by atoms with Gasteiger partial charge in [0.2, 0.25) is 0 Å². The SMILES string of the molecule is CC.CC.Cc1ccc2c(c1)Cc1ccc(C)cc1C2. The maximum atomic E-state index is 2.33. The van der Waals surface area contributed by atoms with Crippen LogP contribution in [0.15, 0.2) is 36.4 Å². The van der Waals surface area contributed by atoms with E-state index in [9.17, 15) is 0 Å². The highest BCUT2D eigenvalue weighted by molar-refractivity contribution is 5.47. The second-order valence-corrected chi connectivity index (χ2v) is 4.90. The van der Waals surface area contributed by atoms with Crippen LogP contribution in [0.3, 0.4) is 0 Å². The molecule has 0 aliphatic heterocycles. The molecule has 0 saturated carbocycles. The van der Waals surface area contributed by atoms with E-state index in [1.165, 1.54) is 33.4 Å². The molecule has 2 aromatic carbocycles. The van der Waals surface area contributed by atoms with Crippen LogP contribution in [-0.2, 0) is 12.8 Å². The van der Waals surface area contributed by atoms with Crippen LogP contribution >= 0.6 is 0 Å². The average Bonchev–Trinajstić information content (AvgIpc) is 2.49. The number of rotatable bonds is 0. The molecular weight excluding hydrogens is 240 g/mol. The molecule has 0 radical (unpaired) electrons. The van der Waals surface area contributed by atoms with Gasteiger partial charge in [-0.25, -0.2) is 0 Å². The normalized spacial score (nSPS) is 11.1. The minimum Gasteiger partial charge on any atom is -0.0683 e. The molecular formula is C20H28. The fraction of sp³-hybridized carbons (Fsp3) is 0.400. The van der Waals surface area contributed by atoms with Crippen molar-refractivity contribution in [3.63, 3.8) is 0 Å². The Morgan fingerprint density at radius 3 is 1.25 bits per heavy atom. The fourth-order valence-corrected chi connectivity index (χ4v) is 2.59. The van der Waals surface area contributed by atoms with Crippen molar-refractivity contribution in [1.29, 1.82) is 0 Å². The molecule has 2 aromatic rings. The van der Waals surface area contributed by atoms with Crippen molar-refractivity contribution in [3.05, 3.63) is 69.8 Å². The number of fused-ring (bicyclic) bond motifs is 2. The Balaban J connectivity index is 0.000000461. The van der Waals surface area contributed by atoms with Gasteiger partial charge in [0.05, 0.1) is 0 Å². The largest absolute Gasteiger partial charge is 0.0683 e. The molecule has 0 bridgehead atoms. The van der Waals surface area contributed by atoms with Gasteiger partial charge in [-0.2, -0.15) is 0 Å². The first-order valence-corrected chi connectivity index (χ1v) is 7.89. The highest BCUT2D eigenvalue weighted by Crippen LogP contribution is 2.28. The van der Waals surface area contributed by atoms with E-state index in [1.807, 2.05) is 27.7 Å². The fourth-order valence-electron chi connectivity index (χ4n) is 2.59. The predicted octanol–water partition coefficient (Wildman–Crippen LogP) is 5.85. The molecule has 20 heavy (non-hydrogen) atoms. The van der Waals surface area contributed by atoms with Gasteiger partial charge in [-0.15, -0.1) is 0 Å². The molecule has 0 fully saturated rings. The van der Waals surface area contributed by atoms with E-state index >= 15 is 0 Å². The zero-order valence-electron chi connectivity index (χ0n) is 13.9. The number of aryl methyl sites for hydroxylation is 2. The van der Waals surface area contributed by atoms with Crippen molar-refractivity contribution in [2.45, 2.75) is 54.4 Å². The van der Waals surface area contributed by atoms with Gasteiger partial charge in [0, 0.05) is 0 Å². The van der Waals surface area contributed by atoms with Crippen LogP contribution in [0.2, 0.25) is 0 Å². The Bertz CT molecular complexity index is 498. The summed E-state index contributed by atoms with van der Waals surface area (Å²) >= 11 is 0.